The van der Waals surface area contributed by atoms with Crippen molar-refractivity contribution in [2.45, 2.75) is 32.1 Å². The molecule has 0 aliphatic heterocycles. The fourth-order valence-corrected chi connectivity index (χ4v) is 2.89. The van der Waals surface area contributed by atoms with Crippen LogP contribution in [0.2, 0.25) is 0 Å². The molecule has 18 heavy (non-hydrogen) atoms. The molecule has 1 saturated carbocycles. The Hall–Kier alpha value is -1.51. The van der Waals surface area contributed by atoms with E-state index in [1.807, 2.05) is 18.2 Å². The highest BCUT2D eigenvalue weighted by Crippen LogP contribution is 2.27. The molecule has 0 bridgehead atoms. The maximum Gasteiger partial charge on any atom is 0.124 e. The molecular formula is C15H23N3. The minimum Gasteiger partial charge on any atom is -0.384 e. The van der Waals surface area contributed by atoms with E-state index in [1.54, 1.807) is 0 Å². The number of nitrogens with two attached hydrogens (primary N) is 1. The highest BCUT2D eigenvalue weighted by atomic mass is 15.1. The summed E-state index contributed by atoms with van der Waals surface area (Å²) >= 11 is 0. The molecule has 1 aromatic rings. The zero-order chi connectivity index (χ0) is 13.0. The van der Waals surface area contributed by atoms with Gasteiger partial charge in [0.05, 0.1) is 0 Å². The fraction of sp³-hybridized carbons (Fsp3) is 0.533. The second-order valence-corrected chi connectivity index (χ2v) is 5.32. The number of amidine groups is 1. The number of nitrogen functional groups attached to an aromatic ring is 1. The van der Waals surface area contributed by atoms with Gasteiger partial charge in [0.2, 0.25) is 0 Å². The predicted molar refractivity (Wildman–Crippen MR) is 77.3 cm³/mol. The SMILES string of the molecule is CN(CC1CCCCC1)c1ccccc1C(=N)N. The summed E-state index contributed by atoms with van der Waals surface area (Å²) in [6.45, 7) is 1.07. The first-order chi connectivity index (χ1) is 8.68. The monoisotopic (exact) mass is 245 g/mol. The molecule has 0 saturated heterocycles. The van der Waals surface area contributed by atoms with Crippen LogP contribution in [0.4, 0.5) is 5.69 Å². The van der Waals surface area contributed by atoms with Gasteiger partial charge < -0.3 is 10.6 Å². The standard InChI is InChI=1S/C15H23N3/c1-18(11-12-7-3-2-4-8-12)14-10-6-5-9-13(14)15(16)17/h5-6,9-10,12H,2-4,7-8,11H2,1H3,(H3,16,17). The Balaban J connectivity index is 2.08. The van der Waals surface area contributed by atoms with Gasteiger partial charge in [0.15, 0.2) is 0 Å². The van der Waals surface area contributed by atoms with Gasteiger partial charge in [-0.15, -0.1) is 0 Å². The lowest BCUT2D eigenvalue weighted by molar-refractivity contribution is 0.362. The van der Waals surface area contributed by atoms with E-state index in [9.17, 15) is 0 Å². The summed E-state index contributed by atoms with van der Waals surface area (Å²) < 4.78 is 0. The number of rotatable bonds is 4. The Kier molecular flexibility index (Phi) is 4.24. The van der Waals surface area contributed by atoms with Crippen LogP contribution in [0.5, 0.6) is 0 Å². The molecule has 3 heteroatoms. The number of hydrogen-bond acceptors (Lipinski definition) is 2. The average Bonchev–Trinajstić information content (AvgIpc) is 2.40. The van der Waals surface area contributed by atoms with E-state index in [4.69, 9.17) is 11.1 Å². The van der Waals surface area contributed by atoms with Crippen molar-refractivity contribution in [1.29, 1.82) is 5.41 Å². The van der Waals surface area contributed by atoms with Crippen LogP contribution in [-0.2, 0) is 0 Å². The number of anilines is 1. The van der Waals surface area contributed by atoms with Crippen LogP contribution in [0.1, 0.15) is 37.7 Å². The van der Waals surface area contributed by atoms with Gasteiger partial charge in [0.25, 0.3) is 0 Å². The Labute approximate surface area is 109 Å². The summed E-state index contributed by atoms with van der Waals surface area (Å²) in [5, 5.41) is 7.64. The molecule has 0 atom stereocenters. The molecule has 1 aromatic carbocycles. The number of benzene rings is 1. The van der Waals surface area contributed by atoms with E-state index in [2.05, 4.69) is 18.0 Å². The topological polar surface area (TPSA) is 53.1 Å². The van der Waals surface area contributed by atoms with Crippen LogP contribution in [0.15, 0.2) is 24.3 Å². The quantitative estimate of drug-likeness (QED) is 0.633. The lowest BCUT2D eigenvalue weighted by Crippen LogP contribution is -2.28. The summed E-state index contributed by atoms with van der Waals surface area (Å²) in [4.78, 5) is 2.26. The van der Waals surface area contributed by atoms with Crippen molar-refractivity contribution in [2.24, 2.45) is 11.7 Å². The van der Waals surface area contributed by atoms with E-state index in [0.717, 1.165) is 23.7 Å². The molecule has 0 unspecified atom stereocenters. The predicted octanol–water partition coefficient (Wildman–Crippen LogP) is 2.99. The van der Waals surface area contributed by atoms with Gasteiger partial charge in [-0.1, -0.05) is 31.4 Å². The minimum atomic E-state index is 0.154. The first-order valence-electron chi connectivity index (χ1n) is 6.83. The summed E-state index contributed by atoms with van der Waals surface area (Å²) in [6, 6.07) is 7.93. The lowest BCUT2D eigenvalue weighted by atomic mass is 9.89. The van der Waals surface area contributed by atoms with Crippen LogP contribution in [0, 0.1) is 11.3 Å². The molecule has 0 amide bonds. The summed E-state index contributed by atoms with van der Waals surface area (Å²) in [7, 11) is 2.11. The van der Waals surface area contributed by atoms with Crippen molar-refractivity contribution in [3.63, 3.8) is 0 Å². The Morgan fingerprint density at radius 2 is 1.94 bits per heavy atom. The Morgan fingerprint density at radius 1 is 1.28 bits per heavy atom. The van der Waals surface area contributed by atoms with Crippen molar-refractivity contribution in [3.05, 3.63) is 29.8 Å². The maximum atomic E-state index is 7.64. The summed E-state index contributed by atoms with van der Waals surface area (Å²) in [5.41, 5.74) is 7.56. The van der Waals surface area contributed by atoms with E-state index < -0.39 is 0 Å². The fourth-order valence-electron chi connectivity index (χ4n) is 2.89. The van der Waals surface area contributed by atoms with Crippen molar-refractivity contribution >= 4 is 11.5 Å². The molecule has 3 N–H and O–H groups in total. The summed E-state index contributed by atoms with van der Waals surface area (Å²) in [5.74, 6) is 0.949. The molecule has 2 rings (SSSR count). The molecular weight excluding hydrogens is 222 g/mol. The van der Waals surface area contributed by atoms with Crippen molar-refractivity contribution < 1.29 is 0 Å². The summed E-state index contributed by atoms with van der Waals surface area (Å²) in [6.07, 6.45) is 6.81. The van der Waals surface area contributed by atoms with Crippen LogP contribution in [0.3, 0.4) is 0 Å². The third-order valence-corrected chi connectivity index (χ3v) is 3.86. The molecule has 3 nitrogen and oxygen atoms in total. The van der Waals surface area contributed by atoms with Crippen LogP contribution >= 0.6 is 0 Å². The highest BCUT2D eigenvalue weighted by Gasteiger charge is 2.17. The highest BCUT2D eigenvalue weighted by molar-refractivity contribution is 6.00. The number of nitrogens with zero attached hydrogens (tertiary/aromatic N) is 1. The maximum absolute atomic E-state index is 7.64. The second kappa shape index (κ2) is 5.89. The van der Waals surface area contributed by atoms with E-state index in [1.165, 1.54) is 32.1 Å². The number of nitrogens with one attached hydrogen (secondary N) is 1. The van der Waals surface area contributed by atoms with Gasteiger partial charge in [-0.05, 0) is 30.9 Å². The molecule has 1 aliphatic carbocycles. The van der Waals surface area contributed by atoms with E-state index in [0.29, 0.717) is 0 Å². The van der Waals surface area contributed by atoms with Gasteiger partial charge in [-0.3, -0.25) is 5.41 Å². The van der Waals surface area contributed by atoms with E-state index >= 15 is 0 Å². The number of hydrogen-bond donors (Lipinski definition) is 2. The second-order valence-electron chi connectivity index (χ2n) is 5.32. The van der Waals surface area contributed by atoms with Crippen molar-refractivity contribution in [1.82, 2.24) is 0 Å². The molecule has 1 fully saturated rings. The zero-order valence-corrected chi connectivity index (χ0v) is 11.2. The Morgan fingerprint density at radius 3 is 2.61 bits per heavy atom. The minimum absolute atomic E-state index is 0.154. The van der Waals surface area contributed by atoms with Gasteiger partial charge >= 0.3 is 0 Å². The lowest BCUT2D eigenvalue weighted by Gasteiger charge is -2.29. The van der Waals surface area contributed by atoms with Gasteiger partial charge in [0, 0.05) is 24.8 Å². The van der Waals surface area contributed by atoms with Crippen LogP contribution < -0.4 is 10.6 Å². The third kappa shape index (κ3) is 3.03. The van der Waals surface area contributed by atoms with Crippen molar-refractivity contribution in [2.75, 3.05) is 18.5 Å². The normalized spacial score (nSPS) is 16.5. The zero-order valence-electron chi connectivity index (χ0n) is 11.2. The average molecular weight is 245 g/mol. The smallest absolute Gasteiger partial charge is 0.124 e. The van der Waals surface area contributed by atoms with E-state index in [-0.39, 0.29) is 5.84 Å². The van der Waals surface area contributed by atoms with Gasteiger partial charge in [0.1, 0.15) is 5.84 Å². The van der Waals surface area contributed by atoms with Gasteiger partial charge in [-0.2, -0.15) is 0 Å². The molecule has 0 spiro atoms. The third-order valence-electron chi connectivity index (χ3n) is 3.86. The number of para-hydroxylation sites is 1. The first-order valence-corrected chi connectivity index (χ1v) is 6.83. The first kappa shape index (κ1) is 12.9. The van der Waals surface area contributed by atoms with Gasteiger partial charge in [-0.25, -0.2) is 0 Å². The molecule has 1 aliphatic rings. The molecule has 0 aromatic heterocycles. The molecule has 0 radical (unpaired) electrons. The molecule has 0 heterocycles. The van der Waals surface area contributed by atoms with Crippen molar-refractivity contribution in [3.8, 4) is 0 Å². The van der Waals surface area contributed by atoms with Crippen LogP contribution in [0.25, 0.3) is 0 Å². The molecule has 98 valence electrons. The largest absolute Gasteiger partial charge is 0.384 e. The Bertz CT molecular complexity index is 408. The van der Waals surface area contributed by atoms with Crippen LogP contribution in [-0.4, -0.2) is 19.4 Å².